The summed E-state index contributed by atoms with van der Waals surface area (Å²) in [7, 11) is 1.54. The number of para-hydroxylation sites is 1. The normalized spacial score (nSPS) is 11.5. The molecule has 1 N–H and O–H groups in total. The van der Waals surface area contributed by atoms with Crippen molar-refractivity contribution in [3.8, 4) is 23.1 Å². The highest BCUT2D eigenvalue weighted by Gasteiger charge is 2.19. The molecule has 3 aromatic carbocycles. The Labute approximate surface area is 201 Å². The molecule has 0 aliphatic heterocycles. The number of phenolic OH excluding ortho intramolecular Hbond substituents is 1. The number of phenols is 1. The number of nitro benzene ring substituents is 1. The quantitative estimate of drug-likeness (QED) is 0.209. The van der Waals surface area contributed by atoms with Crippen molar-refractivity contribution in [3.05, 3.63) is 91.7 Å². The fourth-order valence-electron chi connectivity index (χ4n) is 3.66. The number of methoxy groups -OCH3 is 1. The second kappa shape index (κ2) is 8.58. The molecule has 0 spiro atoms. The van der Waals surface area contributed by atoms with Crippen LogP contribution in [-0.2, 0) is 0 Å². The van der Waals surface area contributed by atoms with Crippen molar-refractivity contribution >= 4 is 45.4 Å². The van der Waals surface area contributed by atoms with Gasteiger partial charge < -0.3 is 14.3 Å². The molecule has 35 heavy (non-hydrogen) atoms. The number of hydrogen-bond acceptors (Lipinski definition) is 8. The maximum atomic E-state index is 13.3. The van der Waals surface area contributed by atoms with Crippen molar-refractivity contribution in [2.45, 2.75) is 0 Å². The van der Waals surface area contributed by atoms with Gasteiger partial charge >= 0.3 is 5.69 Å². The number of hydrogen-bond donors (Lipinski definition) is 1. The largest absolute Gasteiger partial charge is 0.501 e. The van der Waals surface area contributed by atoms with E-state index < -0.39 is 21.9 Å². The first kappa shape index (κ1) is 22.1. The Morgan fingerprint density at radius 1 is 1.17 bits per heavy atom. The van der Waals surface area contributed by atoms with E-state index in [9.17, 15) is 20.0 Å². The van der Waals surface area contributed by atoms with Crippen molar-refractivity contribution in [1.29, 1.82) is 0 Å². The van der Waals surface area contributed by atoms with Crippen LogP contribution in [0.4, 0.5) is 5.69 Å². The first-order valence-corrected chi connectivity index (χ1v) is 10.5. The number of furan rings is 1. The number of aromatic hydroxyl groups is 1. The van der Waals surface area contributed by atoms with Gasteiger partial charge in [-0.3, -0.25) is 14.9 Å². The van der Waals surface area contributed by atoms with Crippen molar-refractivity contribution in [2.75, 3.05) is 7.11 Å². The smallest absolute Gasteiger partial charge is 0.312 e. The summed E-state index contributed by atoms with van der Waals surface area (Å²) in [6.45, 7) is 0. The lowest BCUT2D eigenvalue weighted by molar-refractivity contribution is -0.385. The van der Waals surface area contributed by atoms with Gasteiger partial charge in [-0.05, 0) is 36.4 Å². The summed E-state index contributed by atoms with van der Waals surface area (Å²) in [5, 5.41) is 26.1. The van der Waals surface area contributed by atoms with E-state index in [4.69, 9.17) is 20.8 Å². The Bertz CT molecular complexity index is 1720. The van der Waals surface area contributed by atoms with Crippen LogP contribution in [0.15, 0.2) is 75.0 Å². The highest BCUT2D eigenvalue weighted by atomic mass is 35.5. The van der Waals surface area contributed by atoms with Crippen LogP contribution in [0.1, 0.15) is 5.56 Å². The van der Waals surface area contributed by atoms with E-state index >= 15 is 0 Å². The monoisotopic (exact) mass is 490 g/mol. The number of rotatable bonds is 5. The lowest BCUT2D eigenvalue weighted by atomic mass is 10.2. The van der Waals surface area contributed by atoms with Crippen LogP contribution in [0.3, 0.4) is 0 Å². The zero-order chi connectivity index (χ0) is 24.7. The van der Waals surface area contributed by atoms with Crippen LogP contribution in [0.5, 0.6) is 11.5 Å². The van der Waals surface area contributed by atoms with Crippen LogP contribution >= 0.6 is 11.6 Å². The summed E-state index contributed by atoms with van der Waals surface area (Å²) < 4.78 is 12.4. The van der Waals surface area contributed by atoms with Gasteiger partial charge in [0.15, 0.2) is 5.76 Å². The Balaban J connectivity index is 1.73. The van der Waals surface area contributed by atoms with E-state index in [1.165, 1.54) is 19.4 Å². The summed E-state index contributed by atoms with van der Waals surface area (Å²) in [6, 6.07) is 16.2. The third kappa shape index (κ3) is 3.85. The number of ether oxygens (including phenoxy) is 1. The fraction of sp³-hybridized carbons (Fsp3) is 0.0417. The van der Waals surface area contributed by atoms with Gasteiger partial charge in [0.2, 0.25) is 11.6 Å². The predicted octanol–water partition coefficient (Wildman–Crippen LogP) is 4.97. The topological polar surface area (TPSA) is 133 Å². The van der Waals surface area contributed by atoms with E-state index in [2.05, 4.69) is 10.1 Å². The molecule has 10 nitrogen and oxygen atoms in total. The number of aromatic nitrogens is 2. The molecule has 174 valence electrons. The van der Waals surface area contributed by atoms with Crippen molar-refractivity contribution in [3.63, 3.8) is 0 Å². The summed E-state index contributed by atoms with van der Waals surface area (Å²) >= 11 is 5.93. The minimum absolute atomic E-state index is 0.113. The molecule has 5 aromatic rings. The van der Waals surface area contributed by atoms with Gasteiger partial charge in [0.1, 0.15) is 11.3 Å². The molecule has 2 aromatic heterocycles. The molecule has 0 unspecified atom stereocenters. The highest BCUT2D eigenvalue weighted by Crippen LogP contribution is 2.35. The maximum Gasteiger partial charge on any atom is 0.312 e. The lowest BCUT2D eigenvalue weighted by Gasteiger charge is -2.07. The summed E-state index contributed by atoms with van der Waals surface area (Å²) in [4.78, 5) is 28.4. The van der Waals surface area contributed by atoms with Gasteiger partial charge in [-0.2, -0.15) is 9.78 Å². The standard InChI is InChI=1S/C24H15ClN4O6/c1-34-19-7-4-8-20-15(19)11-21(35-20)23-27-17-6-3-2-5-14(17)24(31)28(23)26-12-13-9-16(25)22(30)18(10-13)29(32)33/h2-12,30H,1H3. The summed E-state index contributed by atoms with van der Waals surface area (Å²) in [5.74, 6) is 0.304. The zero-order valence-corrected chi connectivity index (χ0v) is 18.8. The average molecular weight is 491 g/mol. The Kier molecular flexibility index (Phi) is 5.42. The number of nitrogens with zero attached hydrogens (tertiary/aromatic N) is 4. The molecule has 0 aliphatic carbocycles. The van der Waals surface area contributed by atoms with Gasteiger partial charge in [-0.25, -0.2) is 4.98 Å². The lowest BCUT2D eigenvalue weighted by Crippen LogP contribution is -2.20. The molecule has 5 rings (SSSR count). The van der Waals surface area contributed by atoms with Gasteiger partial charge in [0.05, 0.1) is 39.6 Å². The molecule has 0 atom stereocenters. The van der Waals surface area contributed by atoms with Crippen LogP contribution in [0.2, 0.25) is 5.02 Å². The number of benzene rings is 3. The SMILES string of the molecule is COc1cccc2oc(-c3nc4ccccc4c(=O)n3N=Cc3cc(Cl)c(O)c([N+](=O)[O-])c3)cc12. The first-order chi connectivity index (χ1) is 16.9. The van der Waals surface area contributed by atoms with Crippen LogP contribution in [0, 0.1) is 10.1 Å². The van der Waals surface area contributed by atoms with E-state index in [1.807, 2.05) is 0 Å². The Hall–Kier alpha value is -4.70. The number of nitro groups is 1. The van der Waals surface area contributed by atoms with Crippen LogP contribution < -0.4 is 10.3 Å². The molecule has 2 heterocycles. The Morgan fingerprint density at radius 3 is 2.74 bits per heavy atom. The average Bonchev–Trinajstić information content (AvgIpc) is 3.29. The second-order valence-electron chi connectivity index (χ2n) is 7.42. The maximum absolute atomic E-state index is 13.3. The summed E-state index contributed by atoms with van der Waals surface area (Å²) in [6.07, 6.45) is 1.21. The molecule has 0 aliphatic rings. The molecule has 0 saturated heterocycles. The summed E-state index contributed by atoms with van der Waals surface area (Å²) in [5.41, 5.74) is 0.0888. The zero-order valence-electron chi connectivity index (χ0n) is 18.0. The number of fused-ring (bicyclic) bond motifs is 2. The van der Waals surface area contributed by atoms with Crippen molar-refractivity contribution in [1.82, 2.24) is 9.66 Å². The van der Waals surface area contributed by atoms with Crippen LogP contribution in [0.25, 0.3) is 33.5 Å². The van der Waals surface area contributed by atoms with Gasteiger partial charge in [-0.1, -0.05) is 29.8 Å². The van der Waals surface area contributed by atoms with E-state index in [-0.39, 0.29) is 22.2 Å². The van der Waals surface area contributed by atoms with Crippen molar-refractivity contribution < 1.29 is 19.2 Å². The van der Waals surface area contributed by atoms with Gasteiger partial charge in [0, 0.05) is 11.6 Å². The fourth-order valence-corrected chi connectivity index (χ4v) is 3.88. The van der Waals surface area contributed by atoms with E-state index in [0.717, 1.165) is 10.7 Å². The Morgan fingerprint density at radius 2 is 1.97 bits per heavy atom. The first-order valence-electron chi connectivity index (χ1n) is 10.2. The predicted molar refractivity (Wildman–Crippen MR) is 131 cm³/mol. The van der Waals surface area contributed by atoms with Crippen molar-refractivity contribution in [2.24, 2.45) is 5.10 Å². The van der Waals surface area contributed by atoms with Gasteiger partial charge in [-0.15, -0.1) is 0 Å². The molecular formula is C24H15ClN4O6. The third-order valence-corrected chi connectivity index (χ3v) is 5.59. The van der Waals surface area contributed by atoms with Crippen LogP contribution in [-0.4, -0.2) is 33.0 Å². The second-order valence-corrected chi connectivity index (χ2v) is 7.83. The molecule has 0 bridgehead atoms. The molecule has 0 fully saturated rings. The third-order valence-electron chi connectivity index (χ3n) is 5.30. The minimum Gasteiger partial charge on any atom is -0.501 e. The molecule has 0 radical (unpaired) electrons. The van der Waals surface area contributed by atoms with E-state index in [0.29, 0.717) is 27.6 Å². The molecule has 0 amide bonds. The number of halogens is 1. The molecule has 11 heteroatoms. The minimum atomic E-state index is -0.768. The van der Waals surface area contributed by atoms with E-state index in [1.54, 1.807) is 48.5 Å². The van der Waals surface area contributed by atoms with Gasteiger partial charge in [0.25, 0.3) is 5.56 Å². The molecular weight excluding hydrogens is 476 g/mol. The molecule has 0 saturated carbocycles. The highest BCUT2D eigenvalue weighted by molar-refractivity contribution is 6.32.